The van der Waals surface area contributed by atoms with Crippen LogP contribution in [0.25, 0.3) is 6.08 Å². The molecule has 3 heterocycles. The van der Waals surface area contributed by atoms with Gasteiger partial charge in [-0.15, -0.1) is 0 Å². The Bertz CT molecular complexity index is 645. The molecule has 0 fully saturated rings. The van der Waals surface area contributed by atoms with Gasteiger partial charge in [0.1, 0.15) is 11.6 Å². The van der Waals surface area contributed by atoms with Gasteiger partial charge in [-0.25, -0.2) is 14.8 Å². The minimum Gasteiger partial charge on any atom is -0.478 e. The number of nitrogens with zero attached hydrogens (tertiary/aromatic N) is 4. The summed E-state index contributed by atoms with van der Waals surface area (Å²) in [6.45, 7) is 2.53. The van der Waals surface area contributed by atoms with Crippen molar-refractivity contribution in [1.82, 2.24) is 14.5 Å². The highest BCUT2D eigenvalue weighted by Gasteiger charge is 2.17. The van der Waals surface area contributed by atoms with Gasteiger partial charge in [0.2, 0.25) is 0 Å². The SMILES string of the molecule is O=C(O)/C=C/c1ccc(N2CCn3ccnc3C2)nc1. The fraction of sp³-hybridized carbons (Fsp3) is 0.214. The van der Waals surface area contributed by atoms with Gasteiger partial charge in [0.25, 0.3) is 0 Å². The highest BCUT2D eigenvalue weighted by Crippen LogP contribution is 2.18. The summed E-state index contributed by atoms with van der Waals surface area (Å²) in [6, 6.07) is 3.77. The second-order valence-electron chi connectivity index (χ2n) is 4.58. The third-order valence-electron chi connectivity index (χ3n) is 3.26. The van der Waals surface area contributed by atoms with Crippen molar-refractivity contribution in [3.8, 4) is 0 Å². The predicted octanol–water partition coefficient (Wildman–Crippen LogP) is 1.40. The van der Waals surface area contributed by atoms with E-state index in [4.69, 9.17) is 5.11 Å². The summed E-state index contributed by atoms with van der Waals surface area (Å²) in [6.07, 6.45) is 8.11. The van der Waals surface area contributed by atoms with Crippen molar-refractivity contribution in [2.45, 2.75) is 13.1 Å². The Balaban J connectivity index is 1.74. The molecule has 0 spiro atoms. The number of carboxylic acids is 1. The second-order valence-corrected chi connectivity index (χ2v) is 4.58. The summed E-state index contributed by atoms with van der Waals surface area (Å²) in [5.74, 6) is 0.955. The Hall–Kier alpha value is -2.63. The van der Waals surface area contributed by atoms with Crippen LogP contribution < -0.4 is 4.90 Å². The maximum absolute atomic E-state index is 10.5. The predicted molar refractivity (Wildman–Crippen MR) is 74.2 cm³/mol. The van der Waals surface area contributed by atoms with Gasteiger partial charge in [-0.1, -0.05) is 0 Å². The van der Waals surface area contributed by atoms with Crippen molar-refractivity contribution in [2.24, 2.45) is 0 Å². The summed E-state index contributed by atoms with van der Waals surface area (Å²) in [5.41, 5.74) is 0.773. The lowest BCUT2D eigenvalue weighted by Crippen LogP contribution is -2.34. The van der Waals surface area contributed by atoms with Crippen molar-refractivity contribution < 1.29 is 9.90 Å². The average molecular weight is 270 g/mol. The first-order chi connectivity index (χ1) is 9.72. The molecule has 0 radical (unpaired) electrons. The second kappa shape index (κ2) is 5.16. The molecule has 3 rings (SSSR count). The van der Waals surface area contributed by atoms with Gasteiger partial charge in [0, 0.05) is 37.8 Å². The van der Waals surface area contributed by atoms with Gasteiger partial charge in [-0.3, -0.25) is 0 Å². The van der Waals surface area contributed by atoms with Gasteiger partial charge in [0.05, 0.1) is 6.54 Å². The summed E-state index contributed by atoms with van der Waals surface area (Å²) < 4.78 is 2.14. The minimum absolute atomic E-state index is 0.740. The van der Waals surface area contributed by atoms with E-state index in [0.717, 1.165) is 42.9 Å². The standard InChI is InChI=1S/C14H14N4O2/c19-14(20)4-2-11-1-3-12(16-9-11)18-8-7-17-6-5-15-13(17)10-18/h1-6,9H,7-8,10H2,(H,19,20)/b4-2+. The molecule has 0 saturated carbocycles. The van der Waals surface area contributed by atoms with E-state index in [0.29, 0.717) is 0 Å². The first-order valence-electron chi connectivity index (χ1n) is 6.34. The number of fused-ring (bicyclic) bond motifs is 1. The number of pyridine rings is 1. The Morgan fingerprint density at radius 1 is 1.30 bits per heavy atom. The number of anilines is 1. The molecule has 20 heavy (non-hydrogen) atoms. The van der Waals surface area contributed by atoms with Crippen LogP contribution in [-0.2, 0) is 17.9 Å². The van der Waals surface area contributed by atoms with E-state index in [2.05, 4.69) is 19.4 Å². The Morgan fingerprint density at radius 3 is 2.95 bits per heavy atom. The zero-order chi connectivity index (χ0) is 13.9. The maximum atomic E-state index is 10.5. The summed E-state index contributed by atoms with van der Waals surface area (Å²) in [5, 5.41) is 8.58. The molecule has 1 aliphatic heterocycles. The van der Waals surface area contributed by atoms with E-state index in [1.807, 2.05) is 24.5 Å². The number of rotatable bonds is 3. The number of aliphatic carboxylic acids is 1. The van der Waals surface area contributed by atoms with Crippen molar-refractivity contribution >= 4 is 17.9 Å². The van der Waals surface area contributed by atoms with E-state index in [1.165, 1.54) is 6.08 Å². The third kappa shape index (κ3) is 2.54. The lowest BCUT2D eigenvalue weighted by molar-refractivity contribution is -0.131. The van der Waals surface area contributed by atoms with Crippen LogP contribution in [0, 0.1) is 0 Å². The van der Waals surface area contributed by atoms with Crippen LogP contribution >= 0.6 is 0 Å². The van der Waals surface area contributed by atoms with Crippen LogP contribution in [0.5, 0.6) is 0 Å². The van der Waals surface area contributed by atoms with Gasteiger partial charge in [0.15, 0.2) is 0 Å². The molecule has 0 saturated heterocycles. The van der Waals surface area contributed by atoms with Crippen LogP contribution in [0.3, 0.4) is 0 Å². The summed E-state index contributed by atoms with van der Waals surface area (Å²) in [7, 11) is 0. The quantitative estimate of drug-likeness (QED) is 0.853. The van der Waals surface area contributed by atoms with Crippen molar-refractivity contribution in [3.63, 3.8) is 0 Å². The molecule has 0 unspecified atom stereocenters. The molecule has 0 amide bonds. The summed E-state index contributed by atoms with van der Waals surface area (Å²) in [4.78, 5) is 21.3. The monoisotopic (exact) mass is 270 g/mol. The molecule has 6 nitrogen and oxygen atoms in total. The number of carbonyl (C=O) groups is 1. The van der Waals surface area contributed by atoms with Crippen molar-refractivity contribution in [2.75, 3.05) is 11.4 Å². The Kier molecular flexibility index (Phi) is 3.20. The van der Waals surface area contributed by atoms with Crippen LogP contribution in [0.15, 0.2) is 36.8 Å². The summed E-state index contributed by atoms with van der Waals surface area (Å²) >= 11 is 0. The molecule has 0 aromatic carbocycles. The normalized spacial score (nSPS) is 14.5. The molecule has 0 aliphatic carbocycles. The van der Waals surface area contributed by atoms with Crippen molar-refractivity contribution in [3.05, 3.63) is 48.2 Å². The fourth-order valence-electron chi connectivity index (χ4n) is 2.22. The molecule has 1 aliphatic rings. The molecule has 102 valence electrons. The maximum Gasteiger partial charge on any atom is 0.328 e. The van der Waals surface area contributed by atoms with E-state index in [-0.39, 0.29) is 0 Å². The van der Waals surface area contributed by atoms with E-state index < -0.39 is 5.97 Å². The zero-order valence-corrected chi connectivity index (χ0v) is 10.8. The molecule has 0 bridgehead atoms. The van der Waals surface area contributed by atoms with E-state index >= 15 is 0 Å². The van der Waals surface area contributed by atoms with E-state index in [9.17, 15) is 4.79 Å². The highest BCUT2D eigenvalue weighted by molar-refractivity contribution is 5.85. The number of aromatic nitrogens is 3. The average Bonchev–Trinajstić information content (AvgIpc) is 2.93. The zero-order valence-electron chi connectivity index (χ0n) is 10.8. The van der Waals surface area contributed by atoms with Gasteiger partial charge >= 0.3 is 5.97 Å². The molecule has 2 aromatic rings. The van der Waals surface area contributed by atoms with Gasteiger partial charge in [-0.05, 0) is 23.8 Å². The molecule has 1 N–H and O–H groups in total. The number of hydrogen-bond acceptors (Lipinski definition) is 4. The molecule has 2 aromatic heterocycles. The van der Waals surface area contributed by atoms with Crippen molar-refractivity contribution in [1.29, 1.82) is 0 Å². The van der Waals surface area contributed by atoms with E-state index in [1.54, 1.807) is 6.20 Å². The Morgan fingerprint density at radius 2 is 2.20 bits per heavy atom. The van der Waals surface area contributed by atoms with Gasteiger partial charge < -0.3 is 14.6 Å². The fourth-order valence-corrected chi connectivity index (χ4v) is 2.22. The Labute approximate surface area is 116 Å². The lowest BCUT2D eigenvalue weighted by atomic mass is 10.2. The number of hydrogen-bond donors (Lipinski definition) is 1. The van der Waals surface area contributed by atoms with Gasteiger partial charge in [-0.2, -0.15) is 0 Å². The third-order valence-corrected chi connectivity index (χ3v) is 3.26. The first-order valence-corrected chi connectivity index (χ1v) is 6.34. The first kappa shape index (κ1) is 12.4. The minimum atomic E-state index is -0.961. The molecule has 0 atom stereocenters. The van der Waals surface area contributed by atoms with Crippen LogP contribution in [0.1, 0.15) is 11.4 Å². The number of carboxylic acid groups (broad SMARTS) is 1. The lowest BCUT2D eigenvalue weighted by Gasteiger charge is -2.28. The number of imidazole rings is 1. The molecular weight excluding hydrogens is 256 g/mol. The smallest absolute Gasteiger partial charge is 0.328 e. The van der Waals surface area contributed by atoms with Crippen LogP contribution in [0.2, 0.25) is 0 Å². The topological polar surface area (TPSA) is 71.2 Å². The molecule has 6 heteroatoms. The molecular formula is C14H14N4O2. The largest absolute Gasteiger partial charge is 0.478 e. The van der Waals surface area contributed by atoms with Crippen LogP contribution in [-0.4, -0.2) is 32.2 Å². The van der Waals surface area contributed by atoms with Crippen LogP contribution in [0.4, 0.5) is 5.82 Å². The highest BCUT2D eigenvalue weighted by atomic mass is 16.4.